The number of piperazine rings is 1. The first-order valence-electron chi connectivity index (χ1n) is 7.30. The van der Waals surface area contributed by atoms with Crippen molar-refractivity contribution < 1.29 is 0 Å². The molecular weight excluding hydrogens is 266 g/mol. The molecular formula is C14H21N7. The summed E-state index contributed by atoms with van der Waals surface area (Å²) in [6.45, 7) is 8.44. The van der Waals surface area contributed by atoms with Crippen LogP contribution in [-0.4, -0.2) is 45.9 Å². The van der Waals surface area contributed by atoms with E-state index in [1.54, 1.807) is 12.4 Å². The summed E-state index contributed by atoms with van der Waals surface area (Å²) in [5, 5.41) is 4.49. The zero-order valence-corrected chi connectivity index (χ0v) is 12.5. The molecule has 1 aliphatic rings. The molecule has 112 valence electrons. The third-order valence-electron chi connectivity index (χ3n) is 3.86. The Morgan fingerprint density at radius 3 is 2.33 bits per heavy atom. The molecule has 0 spiro atoms. The zero-order chi connectivity index (χ0) is 14.8. The van der Waals surface area contributed by atoms with Crippen LogP contribution in [0.4, 0.5) is 17.5 Å². The predicted octanol–water partition coefficient (Wildman–Crippen LogP) is 0.910. The molecule has 21 heavy (non-hydrogen) atoms. The summed E-state index contributed by atoms with van der Waals surface area (Å²) in [6.07, 6.45) is 3.56. The molecule has 1 fully saturated rings. The standard InChI is InChI=1S/C14H21N7/c1-3-21-13(12(15)11(2)18-21)19-7-9-20(10-8-19)14-16-5-4-6-17-14/h4-6H,3,7-10,15H2,1-2H3. The fourth-order valence-corrected chi connectivity index (χ4v) is 2.71. The minimum absolute atomic E-state index is 0.793. The first-order valence-corrected chi connectivity index (χ1v) is 7.30. The van der Waals surface area contributed by atoms with Crippen LogP contribution in [-0.2, 0) is 6.54 Å². The molecule has 1 saturated heterocycles. The smallest absolute Gasteiger partial charge is 0.225 e. The first-order chi connectivity index (χ1) is 10.2. The molecule has 0 amide bonds. The molecule has 0 radical (unpaired) electrons. The number of rotatable bonds is 3. The minimum atomic E-state index is 0.793. The number of aryl methyl sites for hydroxylation is 2. The molecule has 0 saturated carbocycles. The van der Waals surface area contributed by atoms with Gasteiger partial charge in [0, 0.05) is 45.1 Å². The Morgan fingerprint density at radius 1 is 1.10 bits per heavy atom. The molecule has 0 aliphatic carbocycles. The van der Waals surface area contributed by atoms with Gasteiger partial charge in [-0.2, -0.15) is 5.10 Å². The Balaban J connectivity index is 1.74. The summed E-state index contributed by atoms with van der Waals surface area (Å²) in [5.74, 6) is 1.84. The van der Waals surface area contributed by atoms with Gasteiger partial charge in [-0.1, -0.05) is 0 Å². The van der Waals surface area contributed by atoms with Crippen LogP contribution in [0.1, 0.15) is 12.6 Å². The number of nitrogen functional groups attached to an aromatic ring is 1. The number of anilines is 3. The highest BCUT2D eigenvalue weighted by atomic mass is 15.4. The van der Waals surface area contributed by atoms with E-state index in [4.69, 9.17) is 5.73 Å². The van der Waals surface area contributed by atoms with Gasteiger partial charge in [-0.05, 0) is 19.9 Å². The maximum atomic E-state index is 6.19. The van der Waals surface area contributed by atoms with Gasteiger partial charge < -0.3 is 15.5 Å². The fourth-order valence-electron chi connectivity index (χ4n) is 2.71. The van der Waals surface area contributed by atoms with Gasteiger partial charge in [0.2, 0.25) is 5.95 Å². The molecule has 7 nitrogen and oxygen atoms in total. The highest BCUT2D eigenvalue weighted by Crippen LogP contribution is 2.27. The number of nitrogens with zero attached hydrogens (tertiary/aromatic N) is 6. The Labute approximate surface area is 124 Å². The van der Waals surface area contributed by atoms with Crippen LogP contribution in [0.5, 0.6) is 0 Å². The Morgan fingerprint density at radius 2 is 1.71 bits per heavy atom. The fraction of sp³-hybridized carbons (Fsp3) is 0.500. The number of nitrogens with two attached hydrogens (primary N) is 1. The lowest BCUT2D eigenvalue weighted by Gasteiger charge is -2.36. The molecule has 0 aromatic carbocycles. The summed E-state index contributed by atoms with van der Waals surface area (Å²) in [5.41, 5.74) is 7.89. The van der Waals surface area contributed by atoms with Crippen LogP contribution in [0.2, 0.25) is 0 Å². The average molecular weight is 287 g/mol. The molecule has 0 unspecified atom stereocenters. The van der Waals surface area contributed by atoms with Crippen LogP contribution in [0.15, 0.2) is 18.5 Å². The molecule has 3 rings (SSSR count). The van der Waals surface area contributed by atoms with Crippen LogP contribution in [0.3, 0.4) is 0 Å². The van der Waals surface area contributed by atoms with E-state index in [-0.39, 0.29) is 0 Å². The minimum Gasteiger partial charge on any atom is -0.394 e. The zero-order valence-electron chi connectivity index (χ0n) is 12.5. The van der Waals surface area contributed by atoms with Crippen LogP contribution >= 0.6 is 0 Å². The molecule has 2 N–H and O–H groups in total. The van der Waals surface area contributed by atoms with E-state index in [0.717, 1.165) is 55.9 Å². The molecule has 2 aromatic rings. The van der Waals surface area contributed by atoms with E-state index in [1.807, 2.05) is 17.7 Å². The molecule has 7 heteroatoms. The lowest BCUT2D eigenvalue weighted by molar-refractivity contribution is 0.591. The van der Waals surface area contributed by atoms with Crippen LogP contribution in [0.25, 0.3) is 0 Å². The quantitative estimate of drug-likeness (QED) is 0.904. The molecule has 3 heterocycles. The van der Waals surface area contributed by atoms with Crippen molar-refractivity contribution in [3.63, 3.8) is 0 Å². The van der Waals surface area contributed by atoms with Gasteiger partial charge in [0.1, 0.15) is 0 Å². The van der Waals surface area contributed by atoms with Crippen molar-refractivity contribution in [3.8, 4) is 0 Å². The predicted molar refractivity (Wildman–Crippen MR) is 83.5 cm³/mol. The van der Waals surface area contributed by atoms with Crippen molar-refractivity contribution >= 4 is 17.5 Å². The second-order valence-corrected chi connectivity index (χ2v) is 5.16. The topological polar surface area (TPSA) is 76.1 Å². The summed E-state index contributed by atoms with van der Waals surface area (Å²) < 4.78 is 1.99. The summed E-state index contributed by atoms with van der Waals surface area (Å²) in [6, 6.07) is 1.84. The van der Waals surface area contributed by atoms with Crippen molar-refractivity contribution in [2.45, 2.75) is 20.4 Å². The number of hydrogen-bond donors (Lipinski definition) is 1. The highest BCUT2D eigenvalue weighted by Gasteiger charge is 2.24. The molecule has 2 aromatic heterocycles. The van der Waals surface area contributed by atoms with Crippen molar-refractivity contribution in [2.24, 2.45) is 0 Å². The van der Waals surface area contributed by atoms with Gasteiger partial charge in [-0.25, -0.2) is 14.6 Å². The second-order valence-electron chi connectivity index (χ2n) is 5.16. The first kappa shape index (κ1) is 13.7. The highest BCUT2D eigenvalue weighted by molar-refractivity contribution is 5.66. The Bertz CT molecular complexity index is 599. The van der Waals surface area contributed by atoms with E-state index in [1.165, 1.54) is 0 Å². The summed E-state index contributed by atoms with van der Waals surface area (Å²) >= 11 is 0. The Kier molecular flexibility index (Phi) is 3.64. The molecule has 1 aliphatic heterocycles. The van der Waals surface area contributed by atoms with Gasteiger partial charge in [-0.15, -0.1) is 0 Å². The normalized spacial score (nSPS) is 15.5. The third kappa shape index (κ3) is 2.51. The van der Waals surface area contributed by atoms with Crippen LogP contribution < -0.4 is 15.5 Å². The van der Waals surface area contributed by atoms with E-state index in [2.05, 4.69) is 31.8 Å². The van der Waals surface area contributed by atoms with E-state index >= 15 is 0 Å². The van der Waals surface area contributed by atoms with Gasteiger partial charge in [-0.3, -0.25) is 0 Å². The lowest BCUT2D eigenvalue weighted by Crippen LogP contribution is -2.48. The summed E-state index contributed by atoms with van der Waals surface area (Å²) in [7, 11) is 0. The monoisotopic (exact) mass is 287 g/mol. The Hall–Kier alpha value is -2.31. The molecule has 0 bridgehead atoms. The lowest BCUT2D eigenvalue weighted by atomic mass is 10.3. The van der Waals surface area contributed by atoms with Gasteiger partial charge in [0.25, 0.3) is 0 Å². The maximum Gasteiger partial charge on any atom is 0.225 e. The van der Waals surface area contributed by atoms with Crippen molar-refractivity contribution in [2.75, 3.05) is 41.7 Å². The van der Waals surface area contributed by atoms with E-state index in [9.17, 15) is 0 Å². The van der Waals surface area contributed by atoms with Crippen molar-refractivity contribution in [1.29, 1.82) is 0 Å². The average Bonchev–Trinajstić information content (AvgIpc) is 2.83. The van der Waals surface area contributed by atoms with Crippen LogP contribution in [0, 0.1) is 6.92 Å². The van der Waals surface area contributed by atoms with Gasteiger partial charge in [0.05, 0.1) is 11.4 Å². The maximum absolute atomic E-state index is 6.19. The summed E-state index contributed by atoms with van der Waals surface area (Å²) in [4.78, 5) is 13.1. The molecule has 0 atom stereocenters. The SMILES string of the molecule is CCn1nc(C)c(N)c1N1CCN(c2ncccn2)CC1. The van der Waals surface area contributed by atoms with Gasteiger partial charge >= 0.3 is 0 Å². The number of hydrogen-bond acceptors (Lipinski definition) is 6. The number of aromatic nitrogens is 4. The van der Waals surface area contributed by atoms with Crippen molar-refractivity contribution in [3.05, 3.63) is 24.2 Å². The van der Waals surface area contributed by atoms with Gasteiger partial charge in [0.15, 0.2) is 5.82 Å². The second kappa shape index (κ2) is 5.59. The van der Waals surface area contributed by atoms with Crippen molar-refractivity contribution in [1.82, 2.24) is 19.7 Å². The third-order valence-corrected chi connectivity index (χ3v) is 3.86. The van der Waals surface area contributed by atoms with E-state index in [0.29, 0.717) is 0 Å². The van der Waals surface area contributed by atoms with E-state index < -0.39 is 0 Å². The largest absolute Gasteiger partial charge is 0.394 e.